The smallest absolute Gasteiger partial charge is 0.339 e. The zero-order chi connectivity index (χ0) is 19.7. The molecule has 0 saturated heterocycles. The molecule has 2 N–H and O–H groups in total. The van der Waals surface area contributed by atoms with Gasteiger partial charge in [0.15, 0.2) is 0 Å². The summed E-state index contributed by atoms with van der Waals surface area (Å²) in [7, 11) is 1.53. The molecule has 8 heteroatoms. The highest BCUT2D eigenvalue weighted by atomic mass is 16.4. The maximum absolute atomic E-state index is 12.7. The third-order valence-corrected chi connectivity index (χ3v) is 4.59. The van der Waals surface area contributed by atoms with Crippen LogP contribution in [0.1, 0.15) is 43.4 Å². The molecule has 1 aromatic carbocycles. The summed E-state index contributed by atoms with van der Waals surface area (Å²) >= 11 is 0. The van der Waals surface area contributed by atoms with Crippen LogP contribution in [-0.2, 0) is 13.6 Å². The minimum atomic E-state index is -1.20. The van der Waals surface area contributed by atoms with E-state index in [2.05, 4.69) is 15.5 Å². The lowest BCUT2D eigenvalue weighted by atomic mass is 10.1. The summed E-state index contributed by atoms with van der Waals surface area (Å²) < 4.78 is 3.08. The first kappa shape index (κ1) is 18.4. The van der Waals surface area contributed by atoms with Gasteiger partial charge in [0.1, 0.15) is 11.3 Å². The lowest BCUT2D eigenvalue weighted by molar-refractivity contribution is 0.0692. The molecule has 3 rings (SSSR count). The van der Waals surface area contributed by atoms with E-state index in [9.17, 15) is 14.7 Å². The monoisotopic (exact) mass is 367 g/mol. The van der Waals surface area contributed by atoms with Crippen molar-refractivity contribution in [2.24, 2.45) is 7.05 Å². The quantitative estimate of drug-likeness (QED) is 0.721. The number of hydrogen-bond acceptors (Lipinski definition) is 4. The van der Waals surface area contributed by atoms with Crippen molar-refractivity contribution in [2.75, 3.05) is 5.32 Å². The average Bonchev–Trinajstić information content (AvgIpc) is 3.12. The topological polar surface area (TPSA) is 102 Å². The standard InChI is InChI=1S/C19H21N5O3/c1-11-7-5-6-8-14(11)10-24-13(3)16(12(2)22-24)21-18(25)17-15(19(26)27)9-20-23(17)4/h5-9H,10H2,1-4H3,(H,21,25)(H,26,27). The molecule has 0 aliphatic heterocycles. The molecule has 2 aromatic heterocycles. The number of nitrogens with one attached hydrogen (secondary N) is 1. The number of aromatic carboxylic acids is 1. The second-order valence-corrected chi connectivity index (χ2v) is 6.42. The van der Waals surface area contributed by atoms with Crippen molar-refractivity contribution >= 4 is 17.6 Å². The highest BCUT2D eigenvalue weighted by Crippen LogP contribution is 2.22. The lowest BCUT2D eigenvalue weighted by Crippen LogP contribution is -2.20. The van der Waals surface area contributed by atoms with Gasteiger partial charge in [0.2, 0.25) is 0 Å². The van der Waals surface area contributed by atoms with E-state index >= 15 is 0 Å². The third kappa shape index (κ3) is 3.46. The van der Waals surface area contributed by atoms with Crippen molar-refractivity contribution in [3.8, 4) is 0 Å². The van der Waals surface area contributed by atoms with Crippen LogP contribution in [0.3, 0.4) is 0 Å². The number of hydrogen-bond donors (Lipinski definition) is 2. The highest BCUT2D eigenvalue weighted by molar-refractivity contribution is 6.09. The minimum absolute atomic E-state index is 0.00652. The van der Waals surface area contributed by atoms with Gasteiger partial charge in [-0.25, -0.2) is 4.79 Å². The zero-order valence-corrected chi connectivity index (χ0v) is 15.6. The fourth-order valence-electron chi connectivity index (χ4n) is 3.02. The van der Waals surface area contributed by atoms with Gasteiger partial charge in [-0.2, -0.15) is 10.2 Å². The van der Waals surface area contributed by atoms with Gasteiger partial charge in [0.05, 0.1) is 29.8 Å². The van der Waals surface area contributed by atoms with E-state index in [1.807, 2.05) is 42.8 Å². The second-order valence-electron chi connectivity index (χ2n) is 6.42. The molecule has 140 valence electrons. The summed E-state index contributed by atoms with van der Waals surface area (Å²) in [5, 5.41) is 20.4. The van der Waals surface area contributed by atoms with E-state index in [1.165, 1.54) is 17.9 Å². The van der Waals surface area contributed by atoms with Gasteiger partial charge in [-0.1, -0.05) is 24.3 Å². The van der Waals surface area contributed by atoms with E-state index < -0.39 is 11.9 Å². The summed E-state index contributed by atoms with van der Waals surface area (Å²) in [6.45, 7) is 6.30. The number of amides is 1. The summed E-state index contributed by atoms with van der Waals surface area (Å²) in [6, 6.07) is 8.05. The first-order valence-electron chi connectivity index (χ1n) is 8.44. The number of anilines is 1. The van der Waals surface area contributed by atoms with Crippen molar-refractivity contribution in [1.82, 2.24) is 19.6 Å². The van der Waals surface area contributed by atoms with E-state index in [-0.39, 0.29) is 11.3 Å². The number of aromatic nitrogens is 4. The van der Waals surface area contributed by atoms with Crippen LogP contribution >= 0.6 is 0 Å². The van der Waals surface area contributed by atoms with E-state index in [0.29, 0.717) is 17.9 Å². The Hall–Kier alpha value is -3.42. The number of carbonyl (C=O) groups excluding carboxylic acids is 1. The lowest BCUT2D eigenvalue weighted by Gasteiger charge is -2.09. The molecule has 1 amide bonds. The predicted octanol–water partition coefficient (Wildman–Crippen LogP) is 2.54. The van der Waals surface area contributed by atoms with Crippen molar-refractivity contribution in [3.05, 3.63) is 64.2 Å². The Morgan fingerprint density at radius 2 is 1.89 bits per heavy atom. The predicted molar refractivity (Wildman–Crippen MR) is 100 cm³/mol. The van der Waals surface area contributed by atoms with E-state index in [0.717, 1.165) is 16.8 Å². The van der Waals surface area contributed by atoms with Gasteiger partial charge in [-0.05, 0) is 31.9 Å². The molecule has 0 fully saturated rings. The SMILES string of the molecule is Cc1ccccc1Cn1nc(C)c(NC(=O)c2c(C(=O)O)cnn2C)c1C. The largest absolute Gasteiger partial charge is 0.478 e. The number of benzene rings is 1. The Kier molecular flexibility index (Phi) is 4.81. The zero-order valence-electron chi connectivity index (χ0n) is 15.6. The number of carboxylic acids is 1. The van der Waals surface area contributed by atoms with Crippen LogP contribution in [-0.4, -0.2) is 36.5 Å². The molecule has 27 heavy (non-hydrogen) atoms. The molecule has 8 nitrogen and oxygen atoms in total. The number of nitrogens with zero attached hydrogens (tertiary/aromatic N) is 4. The molecule has 2 heterocycles. The van der Waals surface area contributed by atoms with Gasteiger partial charge in [0.25, 0.3) is 5.91 Å². The molecule has 0 aliphatic carbocycles. The fraction of sp³-hybridized carbons (Fsp3) is 0.263. The average molecular weight is 367 g/mol. The van der Waals surface area contributed by atoms with Gasteiger partial charge in [-0.15, -0.1) is 0 Å². The molecule has 0 aliphatic rings. The van der Waals surface area contributed by atoms with Crippen LogP contribution in [0.4, 0.5) is 5.69 Å². The molecule has 0 bridgehead atoms. The number of carboxylic acid groups (broad SMARTS) is 1. The normalized spacial score (nSPS) is 10.8. The second kappa shape index (κ2) is 7.06. The maximum atomic E-state index is 12.7. The van der Waals surface area contributed by atoms with Crippen LogP contribution in [0.5, 0.6) is 0 Å². The molecule has 0 spiro atoms. The van der Waals surface area contributed by atoms with E-state index in [1.54, 1.807) is 6.92 Å². The summed E-state index contributed by atoms with van der Waals surface area (Å²) in [4.78, 5) is 24.0. The van der Waals surface area contributed by atoms with Crippen LogP contribution in [0.15, 0.2) is 30.5 Å². The Labute approximate surface area is 156 Å². The molecular weight excluding hydrogens is 346 g/mol. The molecule has 3 aromatic rings. The van der Waals surface area contributed by atoms with Crippen LogP contribution in [0.25, 0.3) is 0 Å². The molecule has 0 radical (unpaired) electrons. The first-order chi connectivity index (χ1) is 12.8. The Morgan fingerprint density at radius 1 is 1.19 bits per heavy atom. The number of aryl methyl sites for hydroxylation is 3. The van der Waals surface area contributed by atoms with Gasteiger partial charge in [-0.3, -0.25) is 14.2 Å². The van der Waals surface area contributed by atoms with Crippen LogP contribution in [0, 0.1) is 20.8 Å². The van der Waals surface area contributed by atoms with E-state index in [4.69, 9.17) is 0 Å². The molecule has 0 atom stereocenters. The summed E-state index contributed by atoms with van der Waals surface area (Å²) in [5.41, 5.74) is 4.19. The number of rotatable bonds is 5. The van der Waals surface area contributed by atoms with Crippen LogP contribution in [0.2, 0.25) is 0 Å². The number of carbonyl (C=O) groups is 2. The molecular formula is C19H21N5O3. The highest BCUT2D eigenvalue weighted by Gasteiger charge is 2.23. The fourth-order valence-corrected chi connectivity index (χ4v) is 3.02. The van der Waals surface area contributed by atoms with Crippen molar-refractivity contribution in [1.29, 1.82) is 0 Å². The van der Waals surface area contributed by atoms with Crippen molar-refractivity contribution in [2.45, 2.75) is 27.3 Å². The summed E-state index contributed by atoms with van der Waals surface area (Å²) in [6.07, 6.45) is 1.17. The molecule has 0 saturated carbocycles. The van der Waals surface area contributed by atoms with Crippen molar-refractivity contribution < 1.29 is 14.7 Å². The summed E-state index contributed by atoms with van der Waals surface area (Å²) in [5.74, 6) is -1.73. The Balaban J connectivity index is 1.90. The van der Waals surface area contributed by atoms with Gasteiger partial charge in [0, 0.05) is 7.05 Å². The first-order valence-corrected chi connectivity index (χ1v) is 8.44. The van der Waals surface area contributed by atoms with Crippen LogP contribution < -0.4 is 5.32 Å². The third-order valence-electron chi connectivity index (χ3n) is 4.59. The van der Waals surface area contributed by atoms with Crippen molar-refractivity contribution in [3.63, 3.8) is 0 Å². The minimum Gasteiger partial charge on any atom is -0.478 e. The Bertz CT molecular complexity index is 1030. The maximum Gasteiger partial charge on any atom is 0.339 e. The Morgan fingerprint density at radius 3 is 2.56 bits per heavy atom. The van der Waals surface area contributed by atoms with Gasteiger partial charge < -0.3 is 10.4 Å². The van der Waals surface area contributed by atoms with Gasteiger partial charge >= 0.3 is 5.97 Å². The molecule has 0 unspecified atom stereocenters.